The Morgan fingerprint density at radius 3 is 2.53 bits per heavy atom. The predicted octanol–water partition coefficient (Wildman–Crippen LogP) is 0.351. The largest absolute Gasteiger partial charge is 0.368 e. The zero-order chi connectivity index (χ0) is 13.1. The van der Waals surface area contributed by atoms with Crippen LogP contribution in [0, 0.1) is 5.92 Å². The summed E-state index contributed by atoms with van der Waals surface area (Å²) in [7, 11) is -2.95. The van der Waals surface area contributed by atoms with Gasteiger partial charge in [0.15, 0.2) is 9.84 Å². The lowest BCUT2D eigenvalue weighted by atomic mass is 10.2. The van der Waals surface area contributed by atoms with Crippen molar-refractivity contribution in [3.63, 3.8) is 0 Å². The van der Waals surface area contributed by atoms with E-state index in [-0.39, 0.29) is 23.5 Å². The molecule has 0 bridgehead atoms. The molecule has 0 radical (unpaired) electrons. The summed E-state index contributed by atoms with van der Waals surface area (Å²) in [6.45, 7) is 6.22. The molecule has 2 atom stereocenters. The van der Waals surface area contributed by atoms with Crippen LogP contribution in [0.2, 0.25) is 0 Å². The van der Waals surface area contributed by atoms with E-state index in [9.17, 15) is 13.2 Å². The second-order valence-corrected chi connectivity index (χ2v) is 7.21. The first-order valence-corrected chi connectivity index (χ1v) is 7.74. The number of hydrogen-bond acceptors (Lipinski definition) is 4. The number of carbonyl (C=O) groups is 1. The number of sulfone groups is 1. The van der Waals surface area contributed by atoms with E-state index in [0.29, 0.717) is 18.9 Å². The minimum Gasteiger partial charge on any atom is -0.368 e. The summed E-state index contributed by atoms with van der Waals surface area (Å²) < 4.78 is 27.8. The highest BCUT2D eigenvalue weighted by Crippen LogP contribution is 2.11. The Morgan fingerprint density at radius 1 is 1.41 bits per heavy atom. The molecule has 0 aromatic rings. The third-order valence-corrected chi connectivity index (χ3v) is 4.40. The molecule has 1 N–H and O–H groups in total. The highest BCUT2D eigenvalue weighted by Gasteiger charge is 2.30. The van der Waals surface area contributed by atoms with E-state index in [1.165, 1.54) is 0 Å². The van der Waals surface area contributed by atoms with Crippen molar-refractivity contribution in [3.8, 4) is 0 Å². The Labute approximate surface area is 103 Å². The third-order valence-electron chi connectivity index (χ3n) is 2.63. The Balaban J connectivity index is 2.34. The number of amides is 1. The topological polar surface area (TPSA) is 72.5 Å². The third kappa shape index (κ3) is 5.04. The lowest BCUT2D eigenvalue weighted by Gasteiger charge is -2.17. The first kappa shape index (κ1) is 14.4. The molecule has 0 aromatic heterocycles. The van der Waals surface area contributed by atoms with Crippen molar-refractivity contribution in [1.82, 2.24) is 5.32 Å². The first-order chi connectivity index (χ1) is 7.80. The molecule has 1 heterocycles. The van der Waals surface area contributed by atoms with Gasteiger partial charge in [-0.05, 0) is 19.3 Å². The van der Waals surface area contributed by atoms with E-state index in [4.69, 9.17) is 4.74 Å². The number of ether oxygens (including phenoxy) is 1. The van der Waals surface area contributed by atoms with Gasteiger partial charge in [-0.25, -0.2) is 8.42 Å². The summed E-state index contributed by atoms with van der Waals surface area (Å²) in [5.41, 5.74) is 0. The number of hydrogen-bond donors (Lipinski definition) is 1. The zero-order valence-corrected chi connectivity index (χ0v) is 11.4. The molecule has 1 amide bonds. The molecular weight excluding hydrogens is 242 g/mol. The summed E-state index contributed by atoms with van der Waals surface area (Å²) >= 11 is 0. The van der Waals surface area contributed by atoms with Crippen LogP contribution in [0.25, 0.3) is 0 Å². The summed E-state index contributed by atoms with van der Waals surface area (Å²) in [5, 5.41) is 2.71. The number of nitrogens with one attached hydrogen (secondary N) is 1. The van der Waals surface area contributed by atoms with Gasteiger partial charge in [0.25, 0.3) is 0 Å². The van der Waals surface area contributed by atoms with Crippen LogP contribution < -0.4 is 5.32 Å². The fourth-order valence-electron chi connectivity index (χ4n) is 1.64. The van der Waals surface area contributed by atoms with E-state index >= 15 is 0 Å². The summed E-state index contributed by atoms with van der Waals surface area (Å²) in [5.74, 6) is 0.360. The van der Waals surface area contributed by atoms with Gasteiger partial charge in [-0.1, -0.05) is 13.8 Å². The van der Waals surface area contributed by atoms with Crippen molar-refractivity contribution in [3.05, 3.63) is 0 Å². The van der Waals surface area contributed by atoms with Crippen LogP contribution in [-0.2, 0) is 19.4 Å². The van der Waals surface area contributed by atoms with Crippen LogP contribution in [0.3, 0.4) is 0 Å². The number of rotatable bonds is 5. The maximum absolute atomic E-state index is 11.7. The zero-order valence-electron chi connectivity index (χ0n) is 10.6. The molecule has 0 saturated carbocycles. The van der Waals surface area contributed by atoms with Crippen LogP contribution in [0.15, 0.2) is 0 Å². The lowest BCUT2D eigenvalue weighted by molar-refractivity contribution is -0.132. The van der Waals surface area contributed by atoms with Crippen LogP contribution in [0.1, 0.15) is 27.2 Å². The Kier molecular flexibility index (Phi) is 4.94. The Morgan fingerprint density at radius 2 is 2.06 bits per heavy atom. The van der Waals surface area contributed by atoms with E-state index < -0.39 is 15.9 Å². The van der Waals surface area contributed by atoms with E-state index in [2.05, 4.69) is 5.32 Å². The van der Waals surface area contributed by atoms with Crippen molar-refractivity contribution in [2.45, 2.75) is 39.3 Å². The lowest BCUT2D eigenvalue weighted by Crippen LogP contribution is -2.42. The van der Waals surface area contributed by atoms with Gasteiger partial charge in [-0.2, -0.15) is 0 Å². The van der Waals surface area contributed by atoms with Gasteiger partial charge in [0, 0.05) is 12.6 Å². The average Bonchev–Trinajstić information content (AvgIpc) is 2.54. The van der Waals surface area contributed by atoms with Crippen LogP contribution in [-0.4, -0.2) is 44.6 Å². The van der Waals surface area contributed by atoms with Gasteiger partial charge < -0.3 is 10.1 Å². The smallest absolute Gasteiger partial charge is 0.249 e. The molecule has 0 spiro atoms. The van der Waals surface area contributed by atoms with Crippen molar-refractivity contribution < 1.29 is 17.9 Å². The highest BCUT2D eigenvalue weighted by molar-refractivity contribution is 7.91. The van der Waals surface area contributed by atoms with E-state index in [1.54, 1.807) is 6.92 Å². The van der Waals surface area contributed by atoms with E-state index in [0.717, 1.165) is 0 Å². The van der Waals surface area contributed by atoms with Gasteiger partial charge in [0.2, 0.25) is 5.91 Å². The second-order valence-electron chi connectivity index (χ2n) is 4.98. The molecule has 1 aliphatic rings. The summed E-state index contributed by atoms with van der Waals surface area (Å²) in [6, 6.07) is -0.252. The highest BCUT2D eigenvalue weighted by atomic mass is 32.2. The molecule has 5 nitrogen and oxygen atoms in total. The Hall–Kier alpha value is -0.620. The molecule has 17 heavy (non-hydrogen) atoms. The van der Waals surface area contributed by atoms with Gasteiger partial charge in [-0.3, -0.25) is 4.79 Å². The molecule has 6 heteroatoms. The van der Waals surface area contributed by atoms with Gasteiger partial charge in [0.1, 0.15) is 6.10 Å². The molecule has 1 saturated heterocycles. The normalized spacial score (nSPS) is 24.8. The molecule has 100 valence electrons. The summed E-state index contributed by atoms with van der Waals surface area (Å²) in [4.78, 5) is 11.7. The monoisotopic (exact) mass is 263 g/mol. The SMILES string of the molecule is CC(C)CO[C@H](C)C(=O)N[C@H]1CCS(=O)(=O)C1. The van der Waals surface area contributed by atoms with Gasteiger partial charge in [0.05, 0.1) is 11.5 Å². The maximum Gasteiger partial charge on any atom is 0.249 e. The molecule has 0 aromatic carbocycles. The number of carbonyl (C=O) groups excluding carboxylic acids is 1. The predicted molar refractivity (Wildman–Crippen MR) is 65.5 cm³/mol. The van der Waals surface area contributed by atoms with Crippen molar-refractivity contribution in [1.29, 1.82) is 0 Å². The summed E-state index contributed by atoms with van der Waals surface area (Å²) in [6.07, 6.45) is -0.0222. The van der Waals surface area contributed by atoms with Crippen molar-refractivity contribution in [2.24, 2.45) is 5.92 Å². The molecule has 1 rings (SSSR count). The second kappa shape index (κ2) is 5.82. The molecule has 0 unspecified atom stereocenters. The first-order valence-electron chi connectivity index (χ1n) is 5.92. The van der Waals surface area contributed by atoms with Gasteiger partial charge >= 0.3 is 0 Å². The minimum atomic E-state index is -2.95. The van der Waals surface area contributed by atoms with E-state index in [1.807, 2.05) is 13.8 Å². The maximum atomic E-state index is 11.7. The minimum absolute atomic E-state index is 0.0512. The quantitative estimate of drug-likeness (QED) is 0.777. The van der Waals surface area contributed by atoms with Gasteiger partial charge in [-0.15, -0.1) is 0 Å². The standard InChI is InChI=1S/C11H21NO4S/c1-8(2)6-16-9(3)11(13)12-10-4-5-17(14,15)7-10/h8-10H,4-7H2,1-3H3,(H,12,13)/t9-,10+/m1/s1. The molecule has 1 fully saturated rings. The molecule has 1 aliphatic heterocycles. The van der Waals surface area contributed by atoms with Crippen LogP contribution >= 0.6 is 0 Å². The van der Waals surface area contributed by atoms with Crippen LogP contribution in [0.4, 0.5) is 0 Å². The van der Waals surface area contributed by atoms with Crippen LogP contribution in [0.5, 0.6) is 0 Å². The fourth-order valence-corrected chi connectivity index (χ4v) is 3.31. The molecular formula is C11H21NO4S. The molecule has 0 aliphatic carbocycles. The Bertz CT molecular complexity index is 364. The average molecular weight is 263 g/mol. The van der Waals surface area contributed by atoms with Crippen molar-refractivity contribution in [2.75, 3.05) is 18.1 Å². The van der Waals surface area contributed by atoms with Crippen molar-refractivity contribution >= 4 is 15.7 Å². The fraction of sp³-hybridized carbons (Fsp3) is 0.909.